The van der Waals surface area contributed by atoms with Crippen molar-refractivity contribution in [1.29, 1.82) is 0 Å². The molecule has 3 nitrogen and oxygen atoms in total. The number of hydrogen-bond donors (Lipinski definition) is 0. The van der Waals surface area contributed by atoms with Gasteiger partial charge in [0.1, 0.15) is 5.75 Å². The maximum absolute atomic E-state index is 12.8. The van der Waals surface area contributed by atoms with Crippen molar-refractivity contribution < 1.29 is 9.53 Å². The molecule has 3 aliphatic carbocycles. The monoisotopic (exact) mass is 311 g/mol. The molecule has 0 N–H and O–H groups in total. The molecular weight excluding hydrogens is 286 g/mol. The van der Waals surface area contributed by atoms with Gasteiger partial charge in [0.15, 0.2) is 0 Å². The minimum atomic E-state index is 0.296. The zero-order valence-electron chi connectivity index (χ0n) is 13.8. The maximum atomic E-state index is 12.8. The number of nitrogens with zero attached hydrogens (tertiary/aromatic N) is 1. The summed E-state index contributed by atoms with van der Waals surface area (Å²) in [6.45, 7) is 0.963. The Morgan fingerprint density at radius 3 is 2.52 bits per heavy atom. The number of benzene rings is 1. The third-order valence-electron chi connectivity index (χ3n) is 5.67. The van der Waals surface area contributed by atoms with Gasteiger partial charge < -0.3 is 9.64 Å². The number of carbonyl (C=O) groups is 1. The van der Waals surface area contributed by atoms with Gasteiger partial charge in [-0.05, 0) is 61.1 Å². The van der Waals surface area contributed by atoms with E-state index in [1.54, 1.807) is 7.11 Å². The van der Waals surface area contributed by atoms with Crippen LogP contribution in [0.4, 0.5) is 0 Å². The summed E-state index contributed by atoms with van der Waals surface area (Å²) in [5, 5.41) is 0. The van der Waals surface area contributed by atoms with Crippen molar-refractivity contribution in [1.82, 2.24) is 4.90 Å². The summed E-state index contributed by atoms with van der Waals surface area (Å²) in [5.74, 6) is 3.32. The van der Waals surface area contributed by atoms with Crippen LogP contribution in [0.5, 0.6) is 5.75 Å². The first kappa shape index (κ1) is 14.8. The van der Waals surface area contributed by atoms with Gasteiger partial charge in [0, 0.05) is 12.6 Å². The number of methoxy groups -OCH3 is 1. The molecule has 4 rings (SSSR count). The second-order valence-corrected chi connectivity index (χ2v) is 7.34. The molecular formula is C20H25NO2. The van der Waals surface area contributed by atoms with E-state index in [1.807, 2.05) is 24.3 Å². The zero-order chi connectivity index (χ0) is 15.8. The van der Waals surface area contributed by atoms with Gasteiger partial charge in [0.25, 0.3) is 0 Å². The first-order chi connectivity index (χ1) is 11.2. The van der Waals surface area contributed by atoms with Gasteiger partial charge in [-0.3, -0.25) is 4.79 Å². The van der Waals surface area contributed by atoms with Gasteiger partial charge in [0.2, 0.25) is 5.91 Å². The lowest BCUT2D eigenvalue weighted by molar-refractivity contribution is -0.131. The molecule has 2 saturated carbocycles. The Balaban J connectivity index is 1.40. The first-order valence-corrected chi connectivity index (χ1v) is 8.83. The van der Waals surface area contributed by atoms with Gasteiger partial charge in [-0.1, -0.05) is 24.3 Å². The summed E-state index contributed by atoms with van der Waals surface area (Å²) in [4.78, 5) is 15.0. The predicted octanol–water partition coefficient (Wildman–Crippen LogP) is 3.44. The SMILES string of the molecule is COc1ccc(CC(=O)N(CC2CC3C=CC2C3)C2CC2)cc1. The Hall–Kier alpha value is -1.77. The standard InChI is InChI=1S/C20H25NO2/c1-23-19-8-3-14(4-9-19)12-20(22)21(18-6-7-18)13-17-11-15-2-5-16(17)10-15/h2-5,8-9,15-18H,6-7,10-13H2,1H3. The molecule has 2 fully saturated rings. The summed E-state index contributed by atoms with van der Waals surface area (Å²) >= 11 is 0. The Kier molecular flexibility index (Phi) is 3.88. The molecule has 2 bridgehead atoms. The molecule has 1 aromatic rings. The number of ether oxygens (including phenoxy) is 1. The zero-order valence-corrected chi connectivity index (χ0v) is 13.8. The van der Waals surface area contributed by atoms with Crippen LogP contribution in [-0.4, -0.2) is 30.5 Å². The van der Waals surface area contributed by atoms with Gasteiger partial charge in [0.05, 0.1) is 13.5 Å². The number of carbonyl (C=O) groups excluding carboxylic acids is 1. The molecule has 1 aromatic carbocycles. The normalized spacial score (nSPS) is 28.1. The Labute approximate surface area is 138 Å². The highest BCUT2D eigenvalue weighted by Gasteiger charge is 2.40. The Morgan fingerprint density at radius 1 is 1.17 bits per heavy atom. The Morgan fingerprint density at radius 2 is 1.96 bits per heavy atom. The molecule has 0 aromatic heterocycles. The molecule has 3 heteroatoms. The molecule has 3 unspecified atom stereocenters. The number of fused-ring (bicyclic) bond motifs is 2. The molecule has 122 valence electrons. The van der Waals surface area contributed by atoms with E-state index in [-0.39, 0.29) is 0 Å². The van der Waals surface area contributed by atoms with Crippen molar-refractivity contribution in [3.63, 3.8) is 0 Å². The van der Waals surface area contributed by atoms with Crippen molar-refractivity contribution in [3.8, 4) is 5.75 Å². The van der Waals surface area contributed by atoms with Crippen LogP contribution in [0.2, 0.25) is 0 Å². The van der Waals surface area contributed by atoms with Gasteiger partial charge in [-0.15, -0.1) is 0 Å². The average molecular weight is 311 g/mol. The molecule has 0 heterocycles. The highest BCUT2D eigenvalue weighted by Crippen LogP contribution is 2.44. The van der Waals surface area contributed by atoms with Crippen LogP contribution in [0.3, 0.4) is 0 Å². The van der Waals surface area contributed by atoms with E-state index < -0.39 is 0 Å². The van der Waals surface area contributed by atoms with E-state index in [2.05, 4.69) is 17.1 Å². The van der Waals surface area contributed by atoms with Gasteiger partial charge in [-0.2, -0.15) is 0 Å². The topological polar surface area (TPSA) is 29.5 Å². The van der Waals surface area contributed by atoms with Crippen molar-refractivity contribution >= 4 is 5.91 Å². The van der Waals surface area contributed by atoms with Crippen molar-refractivity contribution in [2.24, 2.45) is 17.8 Å². The molecule has 0 aliphatic heterocycles. The smallest absolute Gasteiger partial charge is 0.227 e. The first-order valence-electron chi connectivity index (χ1n) is 8.83. The number of hydrogen-bond acceptors (Lipinski definition) is 2. The van der Waals surface area contributed by atoms with Crippen molar-refractivity contribution in [2.75, 3.05) is 13.7 Å². The van der Waals surface area contributed by atoms with E-state index in [0.29, 0.717) is 24.3 Å². The highest BCUT2D eigenvalue weighted by molar-refractivity contribution is 5.79. The fourth-order valence-electron chi connectivity index (χ4n) is 4.22. The van der Waals surface area contributed by atoms with Crippen molar-refractivity contribution in [2.45, 2.75) is 38.1 Å². The minimum Gasteiger partial charge on any atom is -0.497 e. The van der Waals surface area contributed by atoms with Gasteiger partial charge in [-0.25, -0.2) is 0 Å². The number of allylic oxidation sites excluding steroid dienone is 2. The fraction of sp³-hybridized carbons (Fsp3) is 0.550. The van der Waals surface area contributed by atoms with Crippen LogP contribution in [-0.2, 0) is 11.2 Å². The predicted molar refractivity (Wildman–Crippen MR) is 90.3 cm³/mol. The summed E-state index contributed by atoms with van der Waals surface area (Å²) < 4.78 is 5.18. The van der Waals surface area contributed by atoms with E-state index in [4.69, 9.17) is 4.74 Å². The van der Waals surface area contributed by atoms with Crippen LogP contribution in [0, 0.1) is 17.8 Å². The van der Waals surface area contributed by atoms with Crippen LogP contribution in [0.1, 0.15) is 31.2 Å². The van der Waals surface area contributed by atoms with Crippen LogP contribution >= 0.6 is 0 Å². The lowest BCUT2D eigenvalue weighted by Gasteiger charge is -2.29. The van der Waals surface area contributed by atoms with E-state index in [1.165, 1.54) is 25.7 Å². The summed E-state index contributed by atoms with van der Waals surface area (Å²) in [5.41, 5.74) is 1.08. The second-order valence-electron chi connectivity index (χ2n) is 7.34. The summed E-state index contributed by atoms with van der Waals surface area (Å²) in [6, 6.07) is 8.38. The quantitative estimate of drug-likeness (QED) is 0.753. The minimum absolute atomic E-state index is 0.296. The molecule has 0 saturated heterocycles. The van der Waals surface area contributed by atoms with Crippen LogP contribution in [0.25, 0.3) is 0 Å². The van der Waals surface area contributed by atoms with Crippen LogP contribution < -0.4 is 4.74 Å². The fourth-order valence-corrected chi connectivity index (χ4v) is 4.22. The highest BCUT2D eigenvalue weighted by atomic mass is 16.5. The van der Waals surface area contributed by atoms with Crippen molar-refractivity contribution in [3.05, 3.63) is 42.0 Å². The lowest BCUT2D eigenvalue weighted by Crippen LogP contribution is -2.39. The lowest BCUT2D eigenvalue weighted by atomic mass is 9.93. The third kappa shape index (κ3) is 3.15. The van der Waals surface area contributed by atoms with E-state index in [9.17, 15) is 4.79 Å². The van der Waals surface area contributed by atoms with E-state index in [0.717, 1.165) is 29.7 Å². The summed E-state index contributed by atoms with van der Waals surface area (Å²) in [7, 11) is 1.67. The maximum Gasteiger partial charge on any atom is 0.227 e. The largest absolute Gasteiger partial charge is 0.497 e. The molecule has 3 atom stereocenters. The van der Waals surface area contributed by atoms with Crippen LogP contribution in [0.15, 0.2) is 36.4 Å². The van der Waals surface area contributed by atoms with E-state index >= 15 is 0 Å². The molecule has 0 spiro atoms. The number of rotatable bonds is 6. The Bertz CT molecular complexity index is 603. The second kappa shape index (κ2) is 6.03. The molecule has 0 radical (unpaired) electrons. The summed E-state index contributed by atoms with van der Waals surface area (Å²) in [6.07, 6.45) is 10.2. The molecule has 23 heavy (non-hydrogen) atoms. The number of amides is 1. The molecule has 3 aliphatic rings. The third-order valence-corrected chi connectivity index (χ3v) is 5.67. The molecule has 1 amide bonds. The average Bonchev–Trinajstić information content (AvgIpc) is 3.20. The van der Waals surface area contributed by atoms with Gasteiger partial charge >= 0.3 is 0 Å².